The second-order valence-corrected chi connectivity index (χ2v) is 6.75. The molecule has 3 rings (SSSR count). The van der Waals surface area contributed by atoms with E-state index in [1.54, 1.807) is 17.0 Å². The zero-order valence-corrected chi connectivity index (χ0v) is 15.4. The Morgan fingerprint density at radius 1 is 1.32 bits per heavy atom. The van der Waals surface area contributed by atoms with E-state index in [-0.39, 0.29) is 42.6 Å². The Bertz CT molecular complexity index is 623. The Hall–Kier alpha value is -1.34. The van der Waals surface area contributed by atoms with Crippen LogP contribution in [0.25, 0.3) is 0 Å². The third kappa shape index (κ3) is 4.64. The molecule has 6 nitrogen and oxygen atoms in total. The van der Waals surface area contributed by atoms with E-state index in [0.717, 1.165) is 12.8 Å². The van der Waals surface area contributed by atoms with Gasteiger partial charge in [0.25, 0.3) is 0 Å². The van der Waals surface area contributed by atoms with Crippen LogP contribution in [0.3, 0.4) is 0 Å². The monoisotopic (exact) mass is 387 g/mol. The van der Waals surface area contributed by atoms with Gasteiger partial charge in [-0.15, -0.1) is 12.4 Å². The fraction of sp³-hybridized carbons (Fsp3) is 0.529. The molecule has 0 aromatic heterocycles. The first kappa shape index (κ1) is 20.0. The van der Waals surface area contributed by atoms with Gasteiger partial charge in [-0.1, -0.05) is 23.7 Å². The van der Waals surface area contributed by atoms with Gasteiger partial charge in [-0.3, -0.25) is 9.59 Å². The summed E-state index contributed by atoms with van der Waals surface area (Å²) in [5, 5.41) is 3.44. The summed E-state index contributed by atoms with van der Waals surface area (Å²) >= 11 is 6.16. The van der Waals surface area contributed by atoms with E-state index in [1.807, 2.05) is 12.1 Å². The first-order chi connectivity index (χ1) is 11.6. The zero-order valence-electron chi connectivity index (χ0n) is 13.8. The highest BCUT2D eigenvalue weighted by atomic mass is 35.5. The summed E-state index contributed by atoms with van der Waals surface area (Å²) in [6.45, 7) is 1.70. The molecule has 0 radical (unpaired) electrons. The molecule has 2 atom stereocenters. The number of benzene rings is 1. The van der Waals surface area contributed by atoms with Crippen LogP contribution >= 0.6 is 24.0 Å². The van der Waals surface area contributed by atoms with E-state index in [1.165, 1.54) is 0 Å². The number of nitrogens with one attached hydrogen (secondary N) is 1. The third-order valence-electron chi connectivity index (χ3n) is 4.69. The number of ether oxygens (including phenoxy) is 1. The molecule has 3 N–H and O–H groups in total. The van der Waals surface area contributed by atoms with Crippen molar-refractivity contribution in [3.8, 4) is 0 Å². The van der Waals surface area contributed by atoms with Crippen LogP contribution in [0.2, 0.25) is 5.02 Å². The maximum absolute atomic E-state index is 12.4. The number of carbonyl (C=O) groups excluding carboxylic acids is 2. The third-order valence-corrected chi connectivity index (χ3v) is 5.01. The molecular formula is C17H23Cl2N3O3. The molecule has 0 bridgehead atoms. The van der Waals surface area contributed by atoms with Crippen LogP contribution in [0.15, 0.2) is 24.3 Å². The number of para-hydroxylation sites is 1. The van der Waals surface area contributed by atoms with Crippen LogP contribution < -0.4 is 16.0 Å². The van der Waals surface area contributed by atoms with Crippen molar-refractivity contribution in [3.05, 3.63) is 29.3 Å². The highest BCUT2D eigenvalue weighted by molar-refractivity contribution is 6.33. The summed E-state index contributed by atoms with van der Waals surface area (Å²) in [6.07, 6.45) is 1.85. The molecular weight excluding hydrogens is 365 g/mol. The van der Waals surface area contributed by atoms with Gasteiger partial charge in [-0.05, 0) is 30.9 Å². The Balaban J connectivity index is 0.00000225. The maximum Gasteiger partial charge on any atom is 0.237 e. The van der Waals surface area contributed by atoms with Gasteiger partial charge in [0.15, 0.2) is 0 Å². The Morgan fingerprint density at radius 2 is 2.00 bits per heavy atom. The van der Waals surface area contributed by atoms with Crippen molar-refractivity contribution in [3.63, 3.8) is 0 Å². The summed E-state index contributed by atoms with van der Waals surface area (Å²) < 4.78 is 5.30. The first-order valence-corrected chi connectivity index (χ1v) is 8.62. The maximum atomic E-state index is 12.4. The fourth-order valence-electron chi connectivity index (χ4n) is 3.29. The number of hydrogen-bond donors (Lipinski definition) is 2. The zero-order chi connectivity index (χ0) is 17.1. The predicted molar refractivity (Wildman–Crippen MR) is 99.1 cm³/mol. The molecule has 2 unspecified atom stereocenters. The molecule has 25 heavy (non-hydrogen) atoms. The van der Waals surface area contributed by atoms with Crippen molar-refractivity contribution in [2.24, 2.45) is 11.7 Å². The van der Waals surface area contributed by atoms with E-state index >= 15 is 0 Å². The van der Waals surface area contributed by atoms with E-state index in [2.05, 4.69) is 5.32 Å². The highest BCUT2D eigenvalue weighted by Gasteiger charge is 2.34. The molecule has 2 saturated heterocycles. The molecule has 2 heterocycles. The molecule has 1 aromatic carbocycles. The molecule has 1 aromatic rings. The van der Waals surface area contributed by atoms with Gasteiger partial charge in [0.1, 0.15) is 0 Å². The van der Waals surface area contributed by atoms with E-state index in [9.17, 15) is 9.59 Å². The van der Waals surface area contributed by atoms with Crippen LogP contribution in [-0.4, -0.2) is 43.7 Å². The molecule has 2 fully saturated rings. The summed E-state index contributed by atoms with van der Waals surface area (Å²) in [6, 6.07) is 6.40. The summed E-state index contributed by atoms with van der Waals surface area (Å²) in [5.41, 5.74) is 6.76. The van der Waals surface area contributed by atoms with Crippen LogP contribution in [0.1, 0.15) is 19.3 Å². The minimum Gasteiger partial charge on any atom is -0.381 e. The van der Waals surface area contributed by atoms with E-state index < -0.39 is 6.04 Å². The normalized spacial score (nSPS) is 22.4. The lowest BCUT2D eigenvalue weighted by atomic mass is 9.91. The Labute approximate surface area is 158 Å². The van der Waals surface area contributed by atoms with E-state index in [0.29, 0.717) is 30.5 Å². The number of anilines is 1. The van der Waals surface area contributed by atoms with Crippen LogP contribution in [0.4, 0.5) is 5.69 Å². The summed E-state index contributed by atoms with van der Waals surface area (Å²) in [4.78, 5) is 26.3. The molecule has 138 valence electrons. The van der Waals surface area contributed by atoms with Crippen LogP contribution in [0.5, 0.6) is 0 Å². The number of rotatable bonds is 4. The summed E-state index contributed by atoms with van der Waals surface area (Å²) in [5.74, 6) is -0.107. The predicted octanol–water partition coefficient (Wildman–Crippen LogP) is 1.74. The SMILES string of the molecule is Cl.NC(C(=O)NC1CC(=O)N(c2ccccc2Cl)C1)C1CCOCC1. The van der Waals surface area contributed by atoms with Gasteiger partial charge in [-0.25, -0.2) is 0 Å². The largest absolute Gasteiger partial charge is 0.381 e. The lowest BCUT2D eigenvalue weighted by Crippen LogP contribution is -2.50. The number of carbonyl (C=O) groups is 2. The van der Waals surface area contributed by atoms with Gasteiger partial charge >= 0.3 is 0 Å². The molecule has 2 aliphatic heterocycles. The Morgan fingerprint density at radius 3 is 2.68 bits per heavy atom. The lowest BCUT2D eigenvalue weighted by molar-refractivity contribution is -0.125. The molecule has 0 saturated carbocycles. The van der Waals surface area contributed by atoms with Crippen molar-refractivity contribution < 1.29 is 14.3 Å². The quantitative estimate of drug-likeness (QED) is 0.823. The average Bonchev–Trinajstić information content (AvgIpc) is 2.95. The second kappa shape index (κ2) is 8.85. The standard InChI is InChI=1S/C17H22ClN3O3.ClH/c18-13-3-1-2-4-14(13)21-10-12(9-15(21)22)20-17(23)16(19)11-5-7-24-8-6-11;/h1-4,11-12,16H,5-10,19H2,(H,20,23);1H. The van der Waals surface area contributed by atoms with Crippen LogP contribution in [-0.2, 0) is 14.3 Å². The smallest absolute Gasteiger partial charge is 0.237 e. The number of nitrogens with zero attached hydrogens (tertiary/aromatic N) is 1. The van der Waals surface area contributed by atoms with E-state index in [4.69, 9.17) is 22.1 Å². The van der Waals surface area contributed by atoms with Crippen molar-refractivity contribution in [1.82, 2.24) is 5.32 Å². The highest BCUT2D eigenvalue weighted by Crippen LogP contribution is 2.29. The summed E-state index contributed by atoms with van der Waals surface area (Å²) in [7, 11) is 0. The molecule has 8 heteroatoms. The van der Waals surface area contributed by atoms with Gasteiger partial charge < -0.3 is 20.7 Å². The Kier molecular flexibility index (Phi) is 7.07. The molecule has 2 aliphatic rings. The minimum absolute atomic E-state index is 0. The average molecular weight is 388 g/mol. The van der Waals surface area contributed by atoms with Gasteiger partial charge in [-0.2, -0.15) is 0 Å². The minimum atomic E-state index is -0.557. The number of hydrogen-bond acceptors (Lipinski definition) is 4. The van der Waals surface area contributed by atoms with Gasteiger partial charge in [0.2, 0.25) is 11.8 Å². The number of amides is 2. The van der Waals surface area contributed by atoms with Crippen LogP contribution in [0, 0.1) is 5.92 Å². The van der Waals surface area contributed by atoms with Crippen molar-refractivity contribution in [2.45, 2.75) is 31.3 Å². The van der Waals surface area contributed by atoms with Gasteiger partial charge in [0.05, 0.1) is 22.8 Å². The molecule has 0 aliphatic carbocycles. The lowest BCUT2D eigenvalue weighted by Gasteiger charge is -2.27. The van der Waals surface area contributed by atoms with Crippen molar-refractivity contribution in [1.29, 1.82) is 0 Å². The topological polar surface area (TPSA) is 84.7 Å². The van der Waals surface area contributed by atoms with Gasteiger partial charge in [0, 0.05) is 26.2 Å². The number of nitrogens with two attached hydrogens (primary N) is 1. The molecule has 0 spiro atoms. The fourth-order valence-corrected chi connectivity index (χ4v) is 3.53. The first-order valence-electron chi connectivity index (χ1n) is 8.25. The second-order valence-electron chi connectivity index (χ2n) is 6.34. The van der Waals surface area contributed by atoms with Crippen molar-refractivity contribution in [2.75, 3.05) is 24.7 Å². The molecule has 2 amide bonds. The number of halogens is 2. The van der Waals surface area contributed by atoms with Crippen molar-refractivity contribution >= 4 is 41.5 Å².